The van der Waals surface area contributed by atoms with Crippen molar-refractivity contribution in [2.24, 2.45) is 12.9 Å². The fourth-order valence-electron chi connectivity index (χ4n) is 1.32. The second kappa shape index (κ2) is 5.65. The summed E-state index contributed by atoms with van der Waals surface area (Å²) in [6, 6.07) is 1.84. The first-order valence-electron chi connectivity index (χ1n) is 5.18. The number of amides is 1. The summed E-state index contributed by atoms with van der Waals surface area (Å²) >= 11 is 1.28. The Morgan fingerprint density at radius 2 is 2.39 bits per heavy atom. The Balaban J connectivity index is 2.02. The zero-order valence-electron chi connectivity index (χ0n) is 9.78. The lowest BCUT2D eigenvalue weighted by Gasteiger charge is -2.03. The van der Waals surface area contributed by atoms with Gasteiger partial charge in [-0.2, -0.15) is 5.10 Å². The summed E-state index contributed by atoms with van der Waals surface area (Å²) in [5, 5.41) is 12.8. The molecule has 0 aliphatic heterocycles. The number of thioether (sulfide) groups is 1. The van der Waals surface area contributed by atoms with E-state index in [-0.39, 0.29) is 11.7 Å². The molecule has 2 rings (SSSR count). The van der Waals surface area contributed by atoms with Crippen molar-refractivity contribution in [1.29, 1.82) is 0 Å². The SMILES string of the molecule is Cn1c(Cn2cccn2)nnc1SCC(=O)NN. The number of hydrogen-bond donors (Lipinski definition) is 2. The second-order valence-electron chi connectivity index (χ2n) is 3.52. The predicted molar refractivity (Wildman–Crippen MR) is 65.4 cm³/mol. The number of aromatic nitrogens is 5. The maximum Gasteiger partial charge on any atom is 0.244 e. The molecule has 1 amide bonds. The van der Waals surface area contributed by atoms with Crippen LogP contribution in [0, 0.1) is 0 Å². The van der Waals surface area contributed by atoms with E-state index < -0.39 is 0 Å². The minimum absolute atomic E-state index is 0.213. The zero-order valence-corrected chi connectivity index (χ0v) is 10.6. The smallest absolute Gasteiger partial charge is 0.244 e. The molecule has 0 aliphatic carbocycles. The Morgan fingerprint density at radius 3 is 3.06 bits per heavy atom. The number of carbonyl (C=O) groups excluding carboxylic acids is 1. The van der Waals surface area contributed by atoms with Gasteiger partial charge in [0.2, 0.25) is 5.91 Å². The molecule has 0 aromatic carbocycles. The Morgan fingerprint density at radius 1 is 1.56 bits per heavy atom. The summed E-state index contributed by atoms with van der Waals surface area (Å²) in [4.78, 5) is 11.0. The molecule has 3 N–H and O–H groups in total. The van der Waals surface area contributed by atoms with Gasteiger partial charge in [0.25, 0.3) is 0 Å². The highest BCUT2D eigenvalue weighted by molar-refractivity contribution is 7.99. The lowest BCUT2D eigenvalue weighted by atomic mass is 10.6. The van der Waals surface area contributed by atoms with Crippen molar-refractivity contribution >= 4 is 17.7 Å². The Kier molecular flexibility index (Phi) is 3.95. The molecule has 0 fully saturated rings. The predicted octanol–water partition coefficient (Wildman–Crippen LogP) is -0.858. The third kappa shape index (κ3) is 2.87. The molecule has 0 bridgehead atoms. The summed E-state index contributed by atoms with van der Waals surface area (Å²) < 4.78 is 3.58. The van der Waals surface area contributed by atoms with Crippen molar-refractivity contribution in [3.05, 3.63) is 24.3 Å². The molecule has 0 unspecified atom stereocenters. The van der Waals surface area contributed by atoms with Crippen molar-refractivity contribution in [3.8, 4) is 0 Å². The van der Waals surface area contributed by atoms with Crippen molar-refractivity contribution in [2.75, 3.05) is 5.75 Å². The van der Waals surface area contributed by atoms with Gasteiger partial charge in [0.1, 0.15) is 6.54 Å². The quantitative estimate of drug-likeness (QED) is 0.316. The molecular weight excluding hydrogens is 254 g/mol. The molecule has 0 aliphatic rings. The maximum absolute atomic E-state index is 11.0. The van der Waals surface area contributed by atoms with E-state index in [2.05, 4.69) is 20.7 Å². The summed E-state index contributed by atoms with van der Waals surface area (Å²) in [6.07, 6.45) is 3.56. The molecule has 96 valence electrons. The Bertz CT molecular complexity index is 521. The van der Waals surface area contributed by atoms with Crippen molar-refractivity contribution in [2.45, 2.75) is 11.7 Å². The van der Waals surface area contributed by atoms with Gasteiger partial charge in [-0.3, -0.25) is 14.9 Å². The monoisotopic (exact) mass is 267 g/mol. The minimum Gasteiger partial charge on any atom is -0.308 e. The van der Waals surface area contributed by atoms with Crippen molar-refractivity contribution in [3.63, 3.8) is 0 Å². The number of nitrogens with two attached hydrogens (primary N) is 1. The van der Waals surface area contributed by atoms with E-state index >= 15 is 0 Å². The molecule has 18 heavy (non-hydrogen) atoms. The highest BCUT2D eigenvalue weighted by Gasteiger charge is 2.11. The number of hydrazine groups is 1. The molecular formula is C9H13N7OS. The molecule has 2 aromatic heterocycles. The van der Waals surface area contributed by atoms with Gasteiger partial charge >= 0.3 is 0 Å². The highest BCUT2D eigenvalue weighted by atomic mass is 32.2. The van der Waals surface area contributed by atoms with Gasteiger partial charge in [0.05, 0.1) is 5.75 Å². The molecule has 0 radical (unpaired) electrons. The number of rotatable bonds is 5. The first-order valence-corrected chi connectivity index (χ1v) is 6.17. The normalized spacial score (nSPS) is 10.6. The molecule has 0 saturated heterocycles. The first-order chi connectivity index (χ1) is 8.70. The molecule has 2 heterocycles. The fraction of sp³-hybridized carbons (Fsp3) is 0.333. The minimum atomic E-state index is -0.253. The number of hydrogen-bond acceptors (Lipinski definition) is 6. The van der Waals surface area contributed by atoms with Crippen LogP contribution in [0.5, 0.6) is 0 Å². The number of nitrogens with zero attached hydrogens (tertiary/aromatic N) is 5. The molecule has 9 heteroatoms. The van der Waals surface area contributed by atoms with Crippen LogP contribution in [0.2, 0.25) is 0 Å². The number of nitrogens with one attached hydrogen (secondary N) is 1. The summed E-state index contributed by atoms with van der Waals surface area (Å²) in [5.41, 5.74) is 2.07. The average molecular weight is 267 g/mol. The fourth-order valence-corrected chi connectivity index (χ4v) is 2.06. The van der Waals surface area contributed by atoms with Crippen LogP contribution in [-0.2, 0) is 18.4 Å². The largest absolute Gasteiger partial charge is 0.308 e. The summed E-state index contributed by atoms with van der Waals surface area (Å²) in [6.45, 7) is 0.542. The Hall–Kier alpha value is -1.87. The number of carbonyl (C=O) groups is 1. The van der Waals surface area contributed by atoms with Crippen LogP contribution in [0.25, 0.3) is 0 Å². The van der Waals surface area contributed by atoms with Gasteiger partial charge < -0.3 is 4.57 Å². The lowest BCUT2D eigenvalue weighted by Crippen LogP contribution is -2.31. The third-order valence-electron chi connectivity index (χ3n) is 2.28. The molecule has 0 atom stereocenters. The molecule has 0 spiro atoms. The second-order valence-corrected chi connectivity index (χ2v) is 4.46. The van der Waals surface area contributed by atoms with E-state index in [9.17, 15) is 4.79 Å². The molecule has 2 aromatic rings. The Labute approximate surface area is 108 Å². The lowest BCUT2D eigenvalue weighted by molar-refractivity contribution is -0.118. The zero-order chi connectivity index (χ0) is 13.0. The average Bonchev–Trinajstić information content (AvgIpc) is 2.99. The van der Waals surface area contributed by atoms with E-state index in [1.807, 2.05) is 23.9 Å². The van der Waals surface area contributed by atoms with Gasteiger partial charge in [-0.05, 0) is 6.07 Å². The van der Waals surface area contributed by atoms with Gasteiger partial charge in [-0.25, -0.2) is 5.84 Å². The van der Waals surface area contributed by atoms with Crippen LogP contribution < -0.4 is 11.3 Å². The van der Waals surface area contributed by atoms with E-state index in [0.29, 0.717) is 11.7 Å². The van der Waals surface area contributed by atoms with Gasteiger partial charge in [0.15, 0.2) is 11.0 Å². The van der Waals surface area contributed by atoms with Crippen LogP contribution in [0.1, 0.15) is 5.82 Å². The van der Waals surface area contributed by atoms with Crippen LogP contribution in [-0.4, -0.2) is 36.2 Å². The van der Waals surface area contributed by atoms with Crippen LogP contribution in [0.3, 0.4) is 0 Å². The third-order valence-corrected chi connectivity index (χ3v) is 3.30. The van der Waals surface area contributed by atoms with Gasteiger partial charge in [0, 0.05) is 19.4 Å². The summed E-state index contributed by atoms with van der Waals surface area (Å²) in [7, 11) is 1.85. The van der Waals surface area contributed by atoms with E-state index in [4.69, 9.17) is 5.84 Å². The maximum atomic E-state index is 11.0. The van der Waals surface area contributed by atoms with E-state index in [0.717, 1.165) is 5.82 Å². The standard InChI is InChI=1S/C9H13N7OS/c1-15-7(5-16-4-2-3-11-16)13-14-9(15)18-6-8(17)12-10/h2-4H,5-6,10H2,1H3,(H,12,17). The highest BCUT2D eigenvalue weighted by Crippen LogP contribution is 2.15. The van der Waals surface area contributed by atoms with E-state index in [1.165, 1.54) is 11.8 Å². The van der Waals surface area contributed by atoms with Gasteiger partial charge in [-0.1, -0.05) is 11.8 Å². The summed E-state index contributed by atoms with van der Waals surface area (Å²) in [5.74, 6) is 5.73. The van der Waals surface area contributed by atoms with Gasteiger partial charge in [-0.15, -0.1) is 10.2 Å². The van der Waals surface area contributed by atoms with Crippen molar-refractivity contribution in [1.82, 2.24) is 30.0 Å². The van der Waals surface area contributed by atoms with Crippen LogP contribution in [0.15, 0.2) is 23.6 Å². The first kappa shape index (κ1) is 12.6. The molecule has 8 nitrogen and oxygen atoms in total. The van der Waals surface area contributed by atoms with Crippen molar-refractivity contribution < 1.29 is 4.79 Å². The van der Waals surface area contributed by atoms with Crippen LogP contribution >= 0.6 is 11.8 Å². The molecule has 0 saturated carbocycles. The van der Waals surface area contributed by atoms with E-state index in [1.54, 1.807) is 10.9 Å². The topological polar surface area (TPSA) is 104 Å². The van der Waals surface area contributed by atoms with Crippen LogP contribution in [0.4, 0.5) is 0 Å².